The van der Waals surface area contributed by atoms with Gasteiger partial charge in [-0.3, -0.25) is 4.79 Å². The largest absolute Gasteiger partial charge is 0.482 e. The van der Waals surface area contributed by atoms with Gasteiger partial charge in [0.2, 0.25) is 0 Å². The first-order chi connectivity index (χ1) is 12.2. The lowest BCUT2D eigenvalue weighted by molar-refractivity contribution is -0.150. The Bertz CT molecular complexity index is 739. The van der Waals surface area contributed by atoms with Gasteiger partial charge in [-0.2, -0.15) is 0 Å². The van der Waals surface area contributed by atoms with Crippen LogP contribution in [0, 0.1) is 0 Å². The molecule has 1 amide bonds. The number of fused-ring (bicyclic) bond motifs is 1. The van der Waals surface area contributed by atoms with E-state index in [-0.39, 0.29) is 25.2 Å². The zero-order valence-electron chi connectivity index (χ0n) is 13.9. The third-order valence-corrected chi connectivity index (χ3v) is 3.99. The van der Waals surface area contributed by atoms with Crippen LogP contribution in [0.1, 0.15) is 12.8 Å². The van der Waals surface area contributed by atoms with Crippen molar-refractivity contribution in [2.75, 3.05) is 26.4 Å². The third kappa shape index (κ3) is 5.19. The number of benzene rings is 2. The second kappa shape index (κ2) is 8.48. The van der Waals surface area contributed by atoms with E-state index >= 15 is 0 Å². The van der Waals surface area contributed by atoms with Crippen molar-refractivity contribution < 1.29 is 23.8 Å². The standard InChI is InChI=1S/C19H21NO5/c21-18(20-11-17-6-3-9-23-17)12-25-19(22)13-24-16-8-7-14-4-1-2-5-15(14)10-16/h1-2,4-5,7-8,10,17H,3,6,9,11-13H2,(H,20,21)/t17-/m0/s1. The summed E-state index contributed by atoms with van der Waals surface area (Å²) in [5.74, 6) is -0.339. The molecule has 6 nitrogen and oxygen atoms in total. The summed E-state index contributed by atoms with van der Waals surface area (Å²) in [6, 6.07) is 13.5. The first-order valence-corrected chi connectivity index (χ1v) is 8.36. The van der Waals surface area contributed by atoms with E-state index in [0.717, 1.165) is 30.2 Å². The summed E-state index contributed by atoms with van der Waals surface area (Å²) in [5.41, 5.74) is 0. The lowest BCUT2D eigenvalue weighted by atomic mass is 10.1. The summed E-state index contributed by atoms with van der Waals surface area (Å²) < 4.78 is 15.7. The van der Waals surface area contributed by atoms with Crippen LogP contribution in [0.3, 0.4) is 0 Å². The average molecular weight is 343 g/mol. The predicted octanol–water partition coefficient (Wildman–Crippen LogP) is 2.06. The fraction of sp³-hybridized carbons (Fsp3) is 0.368. The molecule has 0 unspecified atom stereocenters. The Kier molecular flexibility index (Phi) is 5.85. The average Bonchev–Trinajstić information content (AvgIpc) is 3.16. The van der Waals surface area contributed by atoms with Crippen molar-refractivity contribution in [3.05, 3.63) is 42.5 Å². The predicted molar refractivity (Wildman–Crippen MR) is 92.4 cm³/mol. The molecule has 1 fully saturated rings. The minimum atomic E-state index is -0.583. The van der Waals surface area contributed by atoms with Gasteiger partial charge in [0.25, 0.3) is 5.91 Å². The SMILES string of the molecule is O=C(COC(=O)COc1ccc2ccccc2c1)NC[C@@H]1CCCO1. The summed E-state index contributed by atoms with van der Waals surface area (Å²) in [7, 11) is 0. The molecule has 2 aromatic rings. The number of nitrogens with one attached hydrogen (secondary N) is 1. The van der Waals surface area contributed by atoms with Crippen molar-refractivity contribution in [1.29, 1.82) is 0 Å². The van der Waals surface area contributed by atoms with Crippen LogP contribution in [0.25, 0.3) is 10.8 Å². The molecule has 1 N–H and O–H groups in total. The quantitative estimate of drug-likeness (QED) is 0.779. The highest BCUT2D eigenvalue weighted by Gasteiger charge is 2.16. The summed E-state index contributed by atoms with van der Waals surface area (Å²) in [5, 5.41) is 4.82. The van der Waals surface area contributed by atoms with Crippen LogP contribution in [0.15, 0.2) is 42.5 Å². The van der Waals surface area contributed by atoms with Gasteiger partial charge in [0.05, 0.1) is 6.10 Å². The molecule has 0 aliphatic carbocycles. The van der Waals surface area contributed by atoms with Gasteiger partial charge in [-0.15, -0.1) is 0 Å². The number of hydrogen-bond acceptors (Lipinski definition) is 5. The first kappa shape index (κ1) is 17.2. The summed E-state index contributed by atoms with van der Waals surface area (Å²) in [4.78, 5) is 23.3. The van der Waals surface area contributed by atoms with Crippen molar-refractivity contribution in [3.8, 4) is 5.75 Å². The van der Waals surface area contributed by atoms with Crippen LogP contribution >= 0.6 is 0 Å². The lowest BCUT2D eigenvalue weighted by Crippen LogP contribution is -2.35. The Morgan fingerprint density at radius 2 is 1.96 bits per heavy atom. The molecule has 132 valence electrons. The normalized spacial score (nSPS) is 16.6. The Labute approximate surface area is 146 Å². The van der Waals surface area contributed by atoms with Gasteiger partial charge in [-0.1, -0.05) is 30.3 Å². The Morgan fingerprint density at radius 1 is 1.12 bits per heavy atom. The molecule has 2 aromatic carbocycles. The molecule has 1 heterocycles. The van der Waals surface area contributed by atoms with E-state index in [0.29, 0.717) is 12.3 Å². The van der Waals surface area contributed by atoms with Gasteiger partial charge in [0.15, 0.2) is 13.2 Å². The van der Waals surface area contributed by atoms with E-state index in [1.807, 2.05) is 36.4 Å². The Morgan fingerprint density at radius 3 is 2.76 bits per heavy atom. The molecule has 3 rings (SSSR count). The van der Waals surface area contributed by atoms with E-state index in [4.69, 9.17) is 14.2 Å². The molecule has 0 aromatic heterocycles. The second-order valence-electron chi connectivity index (χ2n) is 5.90. The Hall–Kier alpha value is -2.60. The lowest BCUT2D eigenvalue weighted by Gasteiger charge is -2.11. The number of esters is 1. The fourth-order valence-electron chi connectivity index (χ4n) is 2.67. The van der Waals surface area contributed by atoms with E-state index in [1.54, 1.807) is 6.07 Å². The molecular formula is C19H21NO5. The van der Waals surface area contributed by atoms with Gasteiger partial charge in [-0.05, 0) is 35.7 Å². The summed E-state index contributed by atoms with van der Waals surface area (Å²) in [6.07, 6.45) is 2.03. The minimum absolute atomic E-state index is 0.0656. The van der Waals surface area contributed by atoms with E-state index in [1.165, 1.54) is 0 Å². The van der Waals surface area contributed by atoms with Crippen LogP contribution < -0.4 is 10.1 Å². The maximum atomic E-state index is 11.7. The number of rotatable bonds is 7. The maximum absolute atomic E-state index is 11.7. The fourth-order valence-corrected chi connectivity index (χ4v) is 2.67. The Balaban J connectivity index is 1.37. The van der Waals surface area contributed by atoms with Crippen molar-refractivity contribution >= 4 is 22.6 Å². The minimum Gasteiger partial charge on any atom is -0.482 e. The van der Waals surface area contributed by atoms with Crippen molar-refractivity contribution in [3.63, 3.8) is 0 Å². The molecule has 1 aliphatic heterocycles. The number of carbonyl (C=O) groups excluding carboxylic acids is 2. The van der Waals surface area contributed by atoms with Crippen LogP contribution in [0.5, 0.6) is 5.75 Å². The third-order valence-electron chi connectivity index (χ3n) is 3.99. The van der Waals surface area contributed by atoms with Gasteiger partial charge < -0.3 is 19.5 Å². The molecule has 1 aliphatic rings. The monoisotopic (exact) mass is 343 g/mol. The molecule has 0 bridgehead atoms. The molecule has 1 atom stereocenters. The molecular weight excluding hydrogens is 322 g/mol. The summed E-state index contributed by atoms with van der Waals surface area (Å²) in [6.45, 7) is 0.635. The van der Waals surface area contributed by atoms with Crippen molar-refractivity contribution in [1.82, 2.24) is 5.32 Å². The zero-order valence-corrected chi connectivity index (χ0v) is 13.9. The molecule has 6 heteroatoms. The van der Waals surface area contributed by atoms with Gasteiger partial charge in [-0.25, -0.2) is 4.79 Å². The van der Waals surface area contributed by atoms with E-state index in [9.17, 15) is 9.59 Å². The highest BCUT2D eigenvalue weighted by atomic mass is 16.6. The first-order valence-electron chi connectivity index (χ1n) is 8.36. The van der Waals surface area contributed by atoms with E-state index < -0.39 is 5.97 Å². The van der Waals surface area contributed by atoms with Crippen molar-refractivity contribution in [2.45, 2.75) is 18.9 Å². The topological polar surface area (TPSA) is 73.9 Å². The van der Waals surface area contributed by atoms with Gasteiger partial charge in [0, 0.05) is 13.2 Å². The highest BCUT2D eigenvalue weighted by molar-refractivity contribution is 5.84. The summed E-state index contributed by atoms with van der Waals surface area (Å²) >= 11 is 0. The van der Waals surface area contributed by atoms with Crippen LogP contribution in [0.2, 0.25) is 0 Å². The smallest absolute Gasteiger partial charge is 0.344 e. The van der Waals surface area contributed by atoms with Crippen LogP contribution in [-0.2, 0) is 19.1 Å². The van der Waals surface area contributed by atoms with E-state index in [2.05, 4.69) is 5.32 Å². The molecule has 0 radical (unpaired) electrons. The number of amides is 1. The molecule has 1 saturated heterocycles. The van der Waals surface area contributed by atoms with Gasteiger partial charge >= 0.3 is 5.97 Å². The van der Waals surface area contributed by atoms with Gasteiger partial charge in [0.1, 0.15) is 5.75 Å². The number of carbonyl (C=O) groups is 2. The van der Waals surface area contributed by atoms with Crippen molar-refractivity contribution in [2.24, 2.45) is 0 Å². The number of hydrogen-bond donors (Lipinski definition) is 1. The molecule has 0 spiro atoms. The van der Waals surface area contributed by atoms with Crippen LogP contribution in [-0.4, -0.2) is 44.3 Å². The molecule has 25 heavy (non-hydrogen) atoms. The second-order valence-corrected chi connectivity index (χ2v) is 5.90. The number of ether oxygens (including phenoxy) is 3. The zero-order chi connectivity index (χ0) is 17.5. The maximum Gasteiger partial charge on any atom is 0.344 e. The highest BCUT2D eigenvalue weighted by Crippen LogP contribution is 2.20. The molecule has 0 saturated carbocycles. The van der Waals surface area contributed by atoms with Crippen LogP contribution in [0.4, 0.5) is 0 Å².